The van der Waals surface area contributed by atoms with E-state index in [1.54, 1.807) is 0 Å². The lowest BCUT2D eigenvalue weighted by atomic mass is 9.85. The quantitative estimate of drug-likeness (QED) is 0.374. The number of nitrogens with zero attached hydrogens (tertiary/aromatic N) is 1. The molecule has 0 radical (unpaired) electrons. The molecule has 3 aromatic carbocycles. The van der Waals surface area contributed by atoms with Crippen LogP contribution in [-0.4, -0.2) is 11.6 Å². The molecule has 1 aliphatic rings. The standard InChI is InChI=1S/C26H25ClN2O/c1-2-9-24(19-14-16-22(27)17-15-19)28-29-25(30)23-18-26(23,20-10-5-3-6-11-20)21-12-7-4-8-13-21/h3-8,10-17,23H,2,9,18H2,1H3,(H,29,30)/b28-24-. The second-order valence-electron chi connectivity index (χ2n) is 7.75. The van der Waals surface area contributed by atoms with Crippen molar-refractivity contribution in [1.82, 2.24) is 5.43 Å². The second kappa shape index (κ2) is 8.85. The van der Waals surface area contributed by atoms with Crippen molar-refractivity contribution in [3.8, 4) is 0 Å². The molecule has 1 atom stereocenters. The zero-order valence-electron chi connectivity index (χ0n) is 17.0. The minimum atomic E-state index is -0.284. The first-order valence-electron chi connectivity index (χ1n) is 10.4. The molecule has 3 aromatic rings. The molecule has 3 nitrogen and oxygen atoms in total. The lowest BCUT2D eigenvalue weighted by molar-refractivity contribution is -0.122. The van der Waals surface area contributed by atoms with E-state index in [0.717, 1.165) is 30.5 Å². The molecule has 0 aromatic heterocycles. The Balaban J connectivity index is 1.58. The molecule has 30 heavy (non-hydrogen) atoms. The summed E-state index contributed by atoms with van der Waals surface area (Å²) < 4.78 is 0. The molecule has 1 unspecified atom stereocenters. The number of carbonyl (C=O) groups is 1. The molecule has 4 heteroatoms. The Bertz CT molecular complexity index is 990. The molecular weight excluding hydrogens is 392 g/mol. The largest absolute Gasteiger partial charge is 0.273 e. The van der Waals surface area contributed by atoms with Crippen LogP contribution in [0, 0.1) is 5.92 Å². The summed E-state index contributed by atoms with van der Waals surface area (Å²) in [6, 6.07) is 28.2. The average molecular weight is 417 g/mol. The summed E-state index contributed by atoms with van der Waals surface area (Å²) in [4.78, 5) is 13.1. The molecule has 0 spiro atoms. The van der Waals surface area contributed by atoms with Gasteiger partial charge >= 0.3 is 0 Å². The van der Waals surface area contributed by atoms with Gasteiger partial charge in [-0.2, -0.15) is 5.10 Å². The summed E-state index contributed by atoms with van der Waals surface area (Å²) in [5.41, 5.74) is 6.76. The summed E-state index contributed by atoms with van der Waals surface area (Å²) in [6.45, 7) is 2.10. The molecule has 1 saturated carbocycles. The highest BCUT2D eigenvalue weighted by molar-refractivity contribution is 6.30. The Morgan fingerprint density at radius 2 is 1.53 bits per heavy atom. The Morgan fingerprint density at radius 1 is 0.967 bits per heavy atom. The van der Waals surface area contributed by atoms with Crippen LogP contribution in [-0.2, 0) is 10.2 Å². The van der Waals surface area contributed by atoms with E-state index < -0.39 is 0 Å². The van der Waals surface area contributed by atoms with Gasteiger partial charge in [-0.05, 0) is 41.7 Å². The smallest absolute Gasteiger partial charge is 0.244 e. The molecule has 1 fully saturated rings. The van der Waals surface area contributed by atoms with Crippen LogP contribution >= 0.6 is 11.6 Å². The zero-order valence-corrected chi connectivity index (χ0v) is 17.8. The highest BCUT2D eigenvalue weighted by Gasteiger charge is 2.60. The highest BCUT2D eigenvalue weighted by Crippen LogP contribution is 2.58. The summed E-state index contributed by atoms with van der Waals surface area (Å²) in [5, 5.41) is 5.19. The average Bonchev–Trinajstić information content (AvgIpc) is 3.55. The highest BCUT2D eigenvalue weighted by atomic mass is 35.5. The third kappa shape index (κ3) is 4.03. The minimum Gasteiger partial charge on any atom is -0.273 e. The molecule has 0 bridgehead atoms. The van der Waals surface area contributed by atoms with Crippen LogP contribution in [0.5, 0.6) is 0 Å². The van der Waals surface area contributed by atoms with Gasteiger partial charge in [-0.15, -0.1) is 0 Å². The maximum atomic E-state index is 13.1. The van der Waals surface area contributed by atoms with E-state index in [2.05, 4.69) is 41.7 Å². The van der Waals surface area contributed by atoms with Gasteiger partial charge in [-0.3, -0.25) is 4.79 Å². The number of benzene rings is 3. The molecule has 1 aliphatic carbocycles. The van der Waals surface area contributed by atoms with Crippen LogP contribution in [0.15, 0.2) is 90.0 Å². The Hall–Kier alpha value is -2.91. The van der Waals surface area contributed by atoms with Crippen molar-refractivity contribution in [2.24, 2.45) is 11.0 Å². The maximum Gasteiger partial charge on any atom is 0.244 e. The Morgan fingerprint density at radius 3 is 2.07 bits per heavy atom. The van der Waals surface area contributed by atoms with Gasteiger partial charge in [-0.25, -0.2) is 5.43 Å². The summed E-state index contributed by atoms with van der Waals surface area (Å²) in [5.74, 6) is -0.176. The minimum absolute atomic E-state index is 0.0368. The first-order chi connectivity index (χ1) is 14.6. The van der Waals surface area contributed by atoms with Crippen molar-refractivity contribution in [3.63, 3.8) is 0 Å². The van der Waals surface area contributed by atoms with Gasteiger partial charge in [-0.1, -0.05) is 97.7 Å². The fourth-order valence-corrected chi connectivity index (χ4v) is 4.33. The molecule has 1 amide bonds. The second-order valence-corrected chi connectivity index (χ2v) is 8.19. The van der Waals surface area contributed by atoms with Crippen molar-refractivity contribution in [3.05, 3.63) is 107 Å². The monoisotopic (exact) mass is 416 g/mol. The van der Waals surface area contributed by atoms with Gasteiger partial charge in [0.15, 0.2) is 0 Å². The number of rotatable bonds is 7. The van der Waals surface area contributed by atoms with Crippen LogP contribution in [0.1, 0.15) is 42.9 Å². The third-order valence-corrected chi connectivity index (χ3v) is 6.07. The number of amides is 1. The van der Waals surface area contributed by atoms with Crippen LogP contribution in [0.25, 0.3) is 0 Å². The SMILES string of the molecule is CCC/C(=N/NC(=O)C1CC1(c1ccccc1)c1ccccc1)c1ccc(Cl)cc1. The molecule has 152 valence electrons. The van der Waals surface area contributed by atoms with Crippen LogP contribution in [0.3, 0.4) is 0 Å². The first kappa shape index (κ1) is 20.4. The predicted octanol–water partition coefficient (Wildman–Crippen LogP) is 5.97. The van der Waals surface area contributed by atoms with E-state index in [9.17, 15) is 4.79 Å². The van der Waals surface area contributed by atoms with Gasteiger partial charge in [0.1, 0.15) is 0 Å². The van der Waals surface area contributed by atoms with Gasteiger partial charge in [0.2, 0.25) is 5.91 Å². The van der Waals surface area contributed by atoms with E-state index in [0.29, 0.717) is 5.02 Å². The summed E-state index contributed by atoms with van der Waals surface area (Å²) in [7, 11) is 0. The molecule has 1 N–H and O–H groups in total. The lowest BCUT2D eigenvalue weighted by Crippen LogP contribution is -2.26. The molecule has 0 aliphatic heterocycles. The number of halogens is 1. The molecular formula is C26H25ClN2O. The fourth-order valence-electron chi connectivity index (χ4n) is 4.20. The van der Waals surface area contributed by atoms with E-state index >= 15 is 0 Å². The zero-order chi connectivity index (χ0) is 21.0. The predicted molar refractivity (Wildman–Crippen MR) is 123 cm³/mol. The van der Waals surface area contributed by atoms with E-state index in [-0.39, 0.29) is 17.2 Å². The fraction of sp³-hybridized carbons (Fsp3) is 0.231. The Kier molecular flexibility index (Phi) is 6.01. The van der Waals surface area contributed by atoms with Crippen molar-refractivity contribution in [2.45, 2.75) is 31.6 Å². The summed E-state index contributed by atoms with van der Waals surface area (Å²) in [6.07, 6.45) is 2.51. The topological polar surface area (TPSA) is 41.5 Å². The number of hydrogen-bond acceptors (Lipinski definition) is 2. The van der Waals surface area contributed by atoms with Gasteiger partial charge in [0.05, 0.1) is 11.6 Å². The van der Waals surface area contributed by atoms with Crippen LogP contribution < -0.4 is 5.43 Å². The number of nitrogens with one attached hydrogen (secondary N) is 1. The number of hydrazone groups is 1. The van der Waals surface area contributed by atoms with Crippen molar-refractivity contribution in [1.29, 1.82) is 0 Å². The Labute approximate surface area is 182 Å². The van der Waals surface area contributed by atoms with Crippen molar-refractivity contribution in [2.75, 3.05) is 0 Å². The van der Waals surface area contributed by atoms with E-state index in [4.69, 9.17) is 11.6 Å². The van der Waals surface area contributed by atoms with E-state index in [1.165, 1.54) is 11.1 Å². The van der Waals surface area contributed by atoms with Gasteiger partial charge in [0.25, 0.3) is 0 Å². The summed E-state index contributed by atoms with van der Waals surface area (Å²) >= 11 is 6.01. The normalized spacial score (nSPS) is 17.4. The van der Waals surface area contributed by atoms with Crippen molar-refractivity contribution < 1.29 is 4.79 Å². The van der Waals surface area contributed by atoms with Crippen LogP contribution in [0.2, 0.25) is 5.02 Å². The lowest BCUT2D eigenvalue weighted by Gasteiger charge is -2.18. The van der Waals surface area contributed by atoms with E-state index in [1.807, 2.05) is 60.7 Å². The molecule has 0 heterocycles. The van der Waals surface area contributed by atoms with Gasteiger partial charge in [0, 0.05) is 10.4 Å². The van der Waals surface area contributed by atoms with Gasteiger partial charge < -0.3 is 0 Å². The maximum absolute atomic E-state index is 13.1. The van der Waals surface area contributed by atoms with Crippen molar-refractivity contribution >= 4 is 23.2 Å². The molecule has 0 saturated heterocycles. The number of hydrogen-bond donors (Lipinski definition) is 1. The molecule has 4 rings (SSSR count). The first-order valence-corrected chi connectivity index (χ1v) is 10.8. The van der Waals surface area contributed by atoms with Crippen LogP contribution in [0.4, 0.5) is 0 Å². The number of carbonyl (C=O) groups excluding carboxylic acids is 1. The third-order valence-electron chi connectivity index (χ3n) is 5.82.